The fourth-order valence-electron chi connectivity index (χ4n) is 3.45. The van der Waals surface area contributed by atoms with E-state index in [1.165, 1.54) is 0 Å². The van der Waals surface area contributed by atoms with Crippen molar-refractivity contribution in [2.45, 2.75) is 64.6 Å². The predicted octanol–water partition coefficient (Wildman–Crippen LogP) is 2.01. The summed E-state index contributed by atoms with van der Waals surface area (Å²) in [6, 6.07) is 9.74. The van der Waals surface area contributed by atoms with Crippen LogP contribution in [-0.2, 0) is 25.7 Å². The molecule has 0 bridgehead atoms. The molecule has 2 amide bonds. The summed E-state index contributed by atoms with van der Waals surface area (Å²) in [5.74, 6) is -0.541. The number of benzene rings is 1. The lowest BCUT2D eigenvalue weighted by Gasteiger charge is -2.29. The average Bonchev–Trinajstić information content (AvgIpc) is 3.22. The van der Waals surface area contributed by atoms with Crippen molar-refractivity contribution < 1.29 is 19.1 Å². The van der Waals surface area contributed by atoms with Crippen LogP contribution in [0.15, 0.2) is 30.3 Å². The zero-order valence-electron chi connectivity index (χ0n) is 17.5. The molecule has 29 heavy (non-hydrogen) atoms. The molecule has 1 aromatic rings. The summed E-state index contributed by atoms with van der Waals surface area (Å²) in [6.45, 7) is 5.98. The van der Waals surface area contributed by atoms with Crippen LogP contribution in [0.3, 0.4) is 0 Å². The summed E-state index contributed by atoms with van der Waals surface area (Å²) in [5, 5.41) is 5.56. The first kappa shape index (κ1) is 22.9. The van der Waals surface area contributed by atoms with Crippen molar-refractivity contribution in [1.82, 2.24) is 15.5 Å². The second-order valence-corrected chi connectivity index (χ2v) is 7.44. The molecule has 2 atom stereocenters. The molecule has 1 saturated heterocycles. The Labute approximate surface area is 173 Å². The molecule has 1 unspecified atom stereocenters. The highest BCUT2D eigenvalue weighted by Crippen LogP contribution is 2.21. The highest BCUT2D eigenvalue weighted by molar-refractivity contribution is 5.83. The van der Waals surface area contributed by atoms with Crippen LogP contribution < -0.4 is 10.6 Å². The molecule has 1 aliphatic heterocycles. The number of nitrogens with one attached hydrogen (secondary N) is 2. The van der Waals surface area contributed by atoms with Gasteiger partial charge in [-0.05, 0) is 38.3 Å². The van der Waals surface area contributed by atoms with Gasteiger partial charge < -0.3 is 15.4 Å². The molecule has 1 aromatic carbocycles. The highest BCUT2D eigenvalue weighted by Gasteiger charge is 2.32. The molecule has 2 N–H and O–H groups in total. The van der Waals surface area contributed by atoms with Crippen molar-refractivity contribution in [2.24, 2.45) is 0 Å². The molecule has 7 heteroatoms. The summed E-state index contributed by atoms with van der Waals surface area (Å²) < 4.78 is 5.17. The third-order valence-corrected chi connectivity index (χ3v) is 5.30. The van der Waals surface area contributed by atoms with Gasteiger partial charge in [-0.15, -0.1) is 0 Å². The first-order valence-electron chi connectivity index (χ1n) is 10.5. The second-order valence-electron chi connectivity index (χ2n) is 7.44. The van der Waals surface area contributed by atoms with Crippen LogP contribution in [0.2, 0.25) is 0 Å². The third kappa shape index (κ3) is 7.85. The first-order valence-corrected chi connectivity index (χ1v) is 10.5. The van der Waals surface area contributed by atoms with E-state index in [4.69, 9.17) is 4.74 Å². The lowest BCUT2D eigenvalue weighted by atomic mass is 10.1. The van der Waals surface area contributed by atoms with E-state index in [0.29, 0.717) is 12.6 Å². The summed E-state index contributed by atoms with van der Waals surface area (Å²) in [6.07, 6.45) is 3.23. The van der Waals surface area contributed by atoms with Crippen LogP contribution in [0, 0.1) is 0 Å². The fourth-order valence-corrected chi connectivity index (χ4v) is 3.45. The van der Waals surface area contributed by atoms with Crippen molar-refractivity contribution in [3.8, 4) is 0 Å². The fraction of sp³-hybridized carbons (Fsp3) is 0.591. The summed E-state index contributed by atoms with van der Waals surface area (Å²) in [4.78, 5) is 38.3. The number of hydrogen-bond acceptors (Lipinski definition) is 5. The number of amides is 2. The van der Waals surface area contributed by atoms with Gasteiger partial charge in [-0.1, -0.05) is 37.3 Å². The van der Waals surface area contributed by atoms with E-state index in [2.05, 4.69) is 29.4 Å². The Morgan fingerprint density at radius 1 is 1.14 bits per heavy atom. The first-order chi connectivity index (χ1) is 14.0. The van der Waals surface area contributed by atoms with Gasteiger partial charge in [0.05, 0.1) is 12.5 Å². The molecular formula is C22H33N3O4. The molecule has 0 radical (unpaired) electrons. The normalized spacial score (nSPS) is 17.5. The van der Waals surface area contributed by atoms with Crippen LogP contribution in [0.25, 0.3) is 0 Å². The van der Waals surface area contributed by atoms with Crippen molar-refractivity contribution in [3.63, 3.8) is 0 Å². The maximum atomic E-state index is 12.4. The van der Waals surface area contributed by atoms with E-state index in [1.54, 1.807) is 0 Å². The second kappa shape index (κ2) is 12.2. The van der Waals surface area contributed by atoms with E-state index < -0.39 is 0 Å². The van der Waals surface area contributed by atoms with Crippen molar-refractivity contribution in [1.29, 1.82) is 0 Å². The van der Waals surface area contributed by atoms with Gasteiger partial charge in [0, 0.05) is 25.6 Å². The molecule has 1 aliphatic rings. The Balaban J connectivity index is 1.56. The lowest BCUT2D eigenvalue weighted by molar-refractivity contribution is -0.144. The maximum Gasteiger partial charge on any atom is 0.307 e. The molecule has 0 spiro atoms. The smallest absolute Gasteiger partial charge is 0.307 e. The number of nitrogens with zero attached hydrogens (tertiary/aromatic N) is 1. The maximum absolute atomic E-state index is 12.4. The Morgan fingerprint density at radius 3 is 2.59 bits per heavy atom. The Bertz CT molecular complexity index is 665. The topological polar surface area (TPSA) is 87.7 Å². The van der Waals surface area contributed by atoms with Crippen LogP contribution >= 0.6 is 0 Å². The van der Waals surface area contributed by atoms with Gasteiger partial charge in [0.15, 0.2) is 0 Å². The SMILES string of the molecule is CCC(C)N1CCC[C@H]1C(=O)NCCC(=O)NCCC(=O)OCc1ccccc1. The Kier molecular flexibility index (Phi) is 9.64. The molecule has 0 aliphatic carbocycles. The van der Waals surface area contributed by atoms with Crippen LogP contribution in [0.4, 0.5) is 0 Å². The van der Waals surface area contributed by atoms with E-state index in [9.17, 15) is 14.4 Å². The van der Waals surface area contributed by atoms with Gasteiger partial charge in [0.2, 0.25) is 11.8 Å². The average molecular weight is 404 g/mol. The van der Waals surface area contributed by atoms with Gasteiger partial charge in [-0.25, -0.2) is 0 Å². The minimum atomic E-state index is -0.353. The van der Waals surface area contributed by atoms with Gasteiger partial charge in [-0.2, -0.15) is 0 Å². The van der Waals surface area contributed by atoms with Crippen LogP contribution in [0.1, 0.15) is 51.5 Å². The highest BCUT2D eigenvalue weighted by atomic mass is 16.5. The monoisotopic (exact) mass is 403 g/mol. The number of ether oxygens (including phenoxy) is 1. The zero-order chi connectivity index (χ0) is 21.1. The van der Waals surface area contributed by atoms with Crippen molar-refractivity contribution in [3.05, 3.63) is 35.9 Å². The zero-order valence-corrected chi connectivity index (χ0v) is 17.5. The number of carbonyl (C=O) groups is 3. The molecule has 1 fully saturated rings. The molecule has 2 rings (SSSR count). The largest absolute Gasteiger partial charge is 0.461 e. The molecule has 160 valence electrons. The van der Waals surface area contributed by atoms with Gasteiger partial charge in [-0.3, -0.25) is 19.3 Å². The van der Waals surface area contributed by atoms with E-state index in [-0.39, 0.29) is 49.8 Å². The van der Waals surface area contributed by atoms with Crippen molar-refractivity contribution in [2.75, 3.05) is 19.6 Å². The van der Waals surface area contributed by atoms with E-state index in [0.717, 1.165) is 31.4 Å². The number of hydrogen-bond donors (Lipinski definition) is 2. The molecule has 0 aromatic heterocycles. The van der Waals surface area contributed by atoms with E-state index in [1.807, 2.05) is 30.3 Å². The van der Waals surface area contributed by atoms with Crippen molar-refractivity contribution >= 4 is 17.8 Å². The summed E-state index contributed by atoms with van der Waals surface area (Å²) >= 11 is 0. The van der Waals surface area contributed by atoms with Crippen LogP contribution in [0.5, 0.6) is 0 Å². The van der Waals surface area contributed by atoms with Gasteiger partial charge in [0.25, 0.3) is 0 Å². The Hall–Kier alpha value is -2.41. The van der Waals surface area contributed by atoms with Gasteiger partial charge >= 0.3 is 5.97 Å². The number of rotatable bonds is 11. The molecule has 7 nitrogen and oxygen atoms in total. The summed E-state index contributed by atoms with van der Waals surface area (Å²) in [5.41, 5.74) is 0.926. The summed E-state index contributed by atoms with van der Waals surface area (Å²) in [7, 11) is 0. The van der Waals surface area contributed by atoms with E-state index >= 15 is 0 Å². The Morgan fingerprint density at radius 2 is 1.86 bits per heavy atom. The number of carbonyl (C=O) groups excluding carboxylic acids is 3. The quantitative estimate of drug-likeness (QED) is 0.552. The third-order valence-electron chi connectivity index (χ3n) is 5.30. The standard InChI is InChI=1S/C22H33N3O4/c1-3-17(2)25-15-7-10-19(25)22(28)24-13-11-20(26)23-14-12-21(27)29-16-18-8-5-4-6-9-18/h4-6,8-9,17,19H,3,7,10-16H2,1-2H3,(H,23,26)(H,24,28)/t17?,19-/m0/s1. The minimum Gasteiger partial charge on any atom is -0.461 e. The number of esters is 1. The molecule has 0 saturated carbocycles. The lowest BCUT2D eigenvalue weighted by Crippen LogP contribution is -2.47. The molecule has 1 heterocycles. The molecular weight excluding hydrogens is 370 g/mol. The minimum absolute atomic E-state index is 0.0000831. The van der Waals surface area contributed by atoms with Gasteiger partial charge in [0.1, 0.15) is 6.61 Å². The predicted molar refractivity (Wildman–Crippen MR) is 111 cm³/mol. The van der Waals surface area contributed by atoms with Crippen LogP contribution in [-0.4, -0.2) is 54.4 Å². The number of likely N-dealkylation sites (tertiary alicyclic amines) is 1.